The van der Waals surface area contributed by atoms with Crippen LogP contribution >= 0.6 is 0 Å². The number of carbonyl (C=O) groups is 7. The lowest BCUT2D eigenvalue weighted by Gasteiger charge is -2.15. The molecule has 7 rings (SSSR count). The van der Waals surface area contributed by atoms with Gasteiger partial charge in [-0.1, -0.05) is 77.1 Å². The summed E-state index contributed by atoms with van der Waals surface area (Å²) < 4.78 is 4.65. The van der Waals surface area contributed by atoms with E-state index in [0.717, 1.165) is 48.5 Å². The van der Waals surface area contributed by atoms with Crippen molar-refractivity contribution < 1.29 is 135 Å². The predicted molar refractivity (Wildman–Crippen MR) is 264 cm³/mol. The smallest absolute Gasteiger partial charge is 0.339 e. The molecule has 7 aromatic rings. The highest BCUT2D eigenvalue weighted by molar-refractivity contribution is 6.01. The second kappa shape index (κ2) is 29.1. The van der Waals surface area contributed by atoms with Crippen LogP contribution in [0.5, 0.6) is 74.7 Å². The van der Waals surface area contributed by atoms with Gasteiger partial charge >= 0.3 is 35.8 Å². The molecule has 0 fully saturated rings. The molecule has 0 saturated carbocycles. The summed E-state index contributed by atoms with van der Waals surface area (Å²) in [5, 5.41) is 181. The molecule has 0 bridgehead atoms. The molecule has 0 radical (unpaired) electrons. The minimum absolute atomic E-state index is 0.0599. The molecule has 13 N–H and O–H groups in total. The number of carbonyl (C=O) groups excluding carboxylic acids is 1. The highest BCUT2D eigenvalue weighted by Crippen LogP contribution is 2.35. The Kier molecular flexibility index (Phi) is 23.5. The molecule has 0 aliphatic heterocycles. The maximum atomic E-state index is 11.5. The van der Waals surface area contributed by atoms with Crippen molar-refractivity contribution >= 4 is 41.6 Å². The first kappa shape index (κ1) is 65.5. The van der Waals surface area contributed by atoms with Crippen molar-refractivity contribution in [2.24, 2.45) is 0 Å². The minimum Gasteiger partial charge on any atom is -0.872 e. The SMILES string of the molecule is CC(=O)c1cc(C(=O)O)c([O-])cc1O.COc1ccc(O)c([O-])c1C(=O)O.Cc1cc(O)c(C(=O)O)cc1[O-].Cc1cc([O-])c(C(=O)O)c(O)c1.O=C(O)c1c([O-])cc(CO)cc1O.O=C(O)c1c([O-])cc(O)cc1-c1ccccc1. The largest absolute Gasteiger partial charge is 0.872 e. The van der Waals surface area contributed by atoms with Crippen LogP contribution in [0.3, 0.4) is 0 Å². The zero-order chi connectivity index (χ0) is 61.9. The third kappa shape index (κ3) is 18.0. The number of rotatable bonds is 10. The van der Waals surface area contributed by atoms with Gasteiger partial charge in [-0.2, -0.15) is 0 Å². The second-order valence-electron chi connectivity index (χ2n) is 15.9. The van der Waals surface area contributed by atoms with Crippen molar-refractivity contribution in [2.45, 2.75) is 27.4 Å². The molecule has 0 heterocycles. The summed E-state index contributed by atoms with van der Waals surface area (Å²) in [6.45, 7) is 3.87. The zero-order valence-corrected chi connectivity index (χ0v) is 42.1. The van der Waals surface area contributed by atoms with Gasteiger partial charge in [0.1, 0.15) is 45.8 Å². The number of aliphatic hydroxyl groups excluding tert-OH is 1. The van der Waals surface area contributed by atoms with E-state index in [0.29, 0.717) is 16.7 Å². The van der Waals surface area contributed by atoms with E-state index in [1.54, 1.807) is 37.3 Å². The summed E-state index contributed by atoms with van der Waals surface area (Å²) >= 11 is 0. The fourth-order valence-corrected chi connectivity index (χ4v) is 6.37. The fourth-order valence-electron chi connectivity index (χ4n) is 6.37. The molecule has 0 saturated heterocycles. The number of aliphatic hydroxyl groups is 1. The van der Waals surface area contributed by atoms with Crippen LogP contribution in [-0.4, -0.2) is 115 Å². The van der Waals surface area contributed by atoms with Crippen molar-refractivity contribution in [1.82, 2.24) is 0 Å². The van der Waals surface area contributed by atoms with E-state index in [9.17, 15) is 69.3 Å². The topological polar surface area (TPSA) is 530 Å². The molecule has 0 amide bonds. The van der Waals surface area contributed by atoms with E-state index in [-0.39, 0.29) is 50.8 Å². The summed E-state index contributed by atoms with van der Waals surface area (Å²) in [6, 6.07) is 21.2. The van der Waals surface area contributed by atoms with Gasteiger partial charge < -0.3 is 102 Å². The van der Waals surface area contributed by atoms with Crippen molar-refractivity contribution in [2.75, 3.05) is 7.11 Å². The normalized spacial score (nSPS) is 9.84. The number of aromatic hydroxyl groups is 6. The van der Waals surface area contributed by atoms with Crippen LogP contribution < -0.4 is 35.4 Å². The number of aromatic carboxylic acids is 6. The fraction of sp³-hybridized carbons (Fsp3) is 0.0926. The summed E-state index contributed by atoms with van der Waals surface area (Å²) in [4.78, 5) is 74.2. The monoisotopic (exact) mass is 1120 g/mol. The predicted octanol–water partition coefficient (Wildman–Crippen LogP) is 2.97. The molecular weight excluding hydrogens is 1080 g/mol. The first-order valence-corrected chi connectivity index (χ1v) is 22.0. The number of hydrogen-bond donors (Lipinski definition) is 13. The minimum atomic E-state index is -1.48. The van der Waals surface area contributed by atoms with Gasteiger partial charge in [-0.25, -0.2) is 28.8 Å². The maximum Gasteiger partial charge on any atom is 0.339 e. The molecule has 81 heavy (non-hydrogen) atoms. The summed E-state index contributed by atoms with van der Waals surface area (Å²) in [7, 11) is 1.25. The lowest BCUT2D eigenvalue weighted by molar-refractivity contribution is -0.271. The summed E-state index contributed by atoms with van der Waals surface area (Å²) in [6.07, 6.45) is 0. The Morgan fingerprint density at radius 2 is 0.938 bits per heavy atom. The van der Waals surface area contributed by atoms with Crippen LogP contribution in [0.1, 0.15) is 96.1 Å². The Morgan fingerprint density at radius 1 is 0.444 bits per heavy atom. The number of phenolic OH excluding ortho intramolecular Hbond substituents is 3. The zero-order valence-electron chi connectivity index (χ0n) is 42.1. The number of phenols is 6. The van der Waals surface area contributed by atoms with Gasteiger partial charge in [0.2, 0.25) is 0 Å². The lowest BCUT2D eigenvalue weighted by atomic mass is 9.98. The Morgan fingerprint density at radius 3 is 1.40 bits per heavy atom. The standard InChI is InChI=1S/C13H10O4.C9H8O5.2C8H8O5.2C8H8O4/c14-9-6-10(8-4-2-1-3-5-8)12(13(16)17)11(15)7-9;1-4(10)5-2-6(9(13)14)8(12)3-7(5)11;9-3-4-1-5(10)7(8(12)13)6(11)2-4;1-13-5-3-2-4(9)7(10)6(5)8(11)12;1-4-2-7(10)5(8(11)12)3-6(4)9;1-4-2-5(9)7(8(11)12)6(10)3-4/h1-7,14-15H,(H,16,17);2-3,11-12H,1H3,(H,13,14);1-2,9-11H,3H2,(H,12,13);2-3,9-10H,1H3,(H,11,12);2*2-3,9-10H,1H3,(H,11,12)/p-6. The van der Waals surface area contributed by atoms with Gasteiger partial charge in [-0.3, -0.25) is 4.79 Å². The number of ketones is 1. The number of Topliss-reactive ketones (excluding diaryl/α,β-unsaturated/α-hetero) is 1. The number of aryl methyl sites for hydroxylation is 2. The van der Waals surface area contributed by atoms with Gasteiger partial charge in [0, 0.05) is 0 Å². The van der Waals surface area contributed by atoms with Crippen LogP contribution in [0.2, 0.25) is 0 Å². The first-order valence-electron chi connectivity index (χ1n) is 22.0. The number of carboxylic acid groups (broad SMARTS) is 6. The Labute approximate surface area is 455 Å². The van der Waals surface area contributed by atoms with Crippen LogP contribution in [0.4, 0.5) is 0 Å². The van der Waals surface area contributed by atoms with Crippen LogP contribution in [0.25, 0.3) is 11.1 Å². The number of hydrogen-bond acceptors (Lipinski definition) is 21. The Hall–Kier alpha value is -11.6. The Balaban J connectivity index is 0.000000334. The third-order valence-electron chi connectivity index (χ3n) is 10.1. The molecule has 27 heteroatoms. The number of methoxy groups -OCH3 is 1. The quantitative estimate of drug-likeness (QED) is 0.0875. The molecule has 7 aromatic carbocycles. The molecule has 0 aromatic heterocycles. The summed E-state index contributed by atoms with van der Waals surface area (Å²) in [5.41, 5.74) is -1.29. The molecule has 0 unspecified atom stereocenters. The van der Waals surface area contributed by atoms with Crippen LogP contribution in [0.15, 0.2) is 103 Å². The third-order valence-corrected chi connectivity index (χ3v) is 10.1. The maximum absolute atomic E-state index is 11.5. The van der Waals surface area contributed by atoms with E-state index >= 15 is 0 Å². The van der Waals surface area contributed by atoms with Crippen molar-refractivity contribution in [3.05, 3.63) is 159 Å². The van der Waals surface area contributed by atoms with Crippen molar-refractivity contribution in [3.8, 4) is 85.9 Å². The van der Waals surface area contributed by atoms with E-state index < -0.39 is 122 Å². The van der Waals surface area contributed by atoms with E-state index in [1.807, 2.05) is 0 Å². The van der Waals surface area contributed by atoms with Crippen LogP contribution in [0, 0.1) is 13.8 Å². The molecular formula is C54H44O27-6. The van der Waals surface area contributed by atoms with Gasteiger partial charge in [0.15, 0.2) is 5.78 Å². The molecule has 428 valence electrons. The number of ether oxygens (including phenoxy) is 1. The lowest BCUT2D eigenvalue weighted by Crippen LogP contribution is -2.06. The average Bonchev–Trinajstić information content (AvgIpc) is 3.35. The second-order valence-corrected chi connectivity index (χ2v) is 15.9. The van der Waals surface area contributed by atoms with Gasteiger partial charge in [-0.15, -0.1) is 5.75 Å². The van der Waals surface area contributed by atoms with E-state index in [1.165, 1.54) is 45.2 Å². The summed E-state index contributed by atoms with van der Waals surface area (Å²) in [5.74, 6) is -16.0. The van der Waals surface area contributed by atoms with Gasteiger partial charge in [0.05, 0.1) is 47.1 Å². The van der Waals surface area contributed by atoms with Crippen molar-refractivity contribution in [3.63, 3.8) is 0 Å². The van der Waals surface area contributed by atoms with Gasteiger partial charge in [0.25, 0.3) is 0 Å². The van der Waals surface area contributed by atoms with E-state index in [2.05, 4.69) is 4.74 Å². The van der Waals surface area contributed by atoms with Crippen molar-refractivity contribution in [1.29, 1.82) is 0 Å². The average molecular weight is 1120 g/mol. The molecule has 0 aliphatic carbocycles. The highest BCUT2D eigenvalue weighted by atomic mass is 16.5. The van der Waals surface area contributed by atoms with E-state index in [4.69, 9.17) is 61.3 Å². The molecule has 27 nitrogen and oxygen atoms in total. The molecule has 0 aliphatic rings. The number of carboxylic acids is 6. The molecule has 0 atom stereocenters. The number of benzene rings is 7. The van der Waals surface area contributed by atoms with Crippen LogP contribution in [-0.2, 0) is 6.61 Å². The Bertz CT molecular complexity index is 3410. The van der Waals surface area contributed by atoms with Gasteiger partial charge in [-0.05, 0) is 103 Å². The molecule has 0 spiro atoms. The first-order chi connectivity index (χ1) is 37.7. The highest BCUT2D eigenvalue weighted by Gasteiger charge is 2.17.